The van der Waals surface area contributed by atoms with Gasteiger partial charge < -0.3 is 41.0 Å². The molecule has 0 fully saturated rings. The Balaban J connectivity index is 0.863. The first-order chi connectivity index (χ1) is 38.0. The number of methoxy groups -OCH3 is 2. The second-order valence-corrected chi connectivity index (χ2v) is 17.7. The third-order valence-electron chi connectivity index (χ3n) is 12.6. The minimum atomic E-state index is -0.622. The van der Waals surface area contributed by atoms with Crippen LogP contribution in [0.25, 0.3) is 32.7 Å². The largest absolute Gasteiger partial charge is 0.505 e. The lowest BCUT2D eigenvalue weighted by Crippen LogP contribution is -2.16. The fraction of sp³-hybridized carbons (Fsp3) is 0.0323. The molecule has 10 aromatic carbocycles. The molecule has 0 saturated carbocycles. The first kappa shape index (κ1) is 50.5. The summed E-state index contributed by atoms with van der Waals surface area (Å²) in [6, 6.07) is 59.4. The molecule has 0 spiro atoms. The molecule has 0 heterocycles. The van der Waals surface area contributed by atoms with Crippen LogP contribution in [0.1, 0.15) is 41.4 Å². The third kappa shape index (κ3) is 11.1. The quantitative estimate of drug-likeness (QED) is 0.0260. The van der Waals surface area contributed by atoms with E-state index in [1.54, 1.807) is 133 Å². The van der Waals surface area contributed by atoms with Crippen molar-refractivity contribution in [3.8, 4) is 34.1 Å². The lowest BCUT2D eigenvalue weighted by atomic mass is 10.0. The number of fused-ring (bicyclic) bond motifs is 2. The number of ether oxygens (including phenoxy) is 2. The molecule has 384 valence electrons. The van der Waals surface area contributed by atoms with Crippen LogP contribution in [0.4, 0.5) is 45.5 Å². The number of hydrazine groups is 1. The molecule has 0 saturated heterocycles. The number of nitrogens with one attached hydrogen (secondary N) is 6. The summed E-state index contributed by atoms with van der Waals surface area (Å²) < 4.78 is 11.1. The minimum absolute atomic E-state index is 0.0184. The van der Waals surface area contributed by atoms with Gasteiger partial charge in [0.15, 0.2) is 11.5 Å². The van der Waals surface area contributed by atoms with E-state index < -0.39 is 17.6 Å². The highest BCUT2D eigenvalue weighted by atomic mass is 16.5. The third-order valence-corrected chi connectivity index (χ3v) is 12.6. The number of aromatic hydroxyl groups is 2. The molecule has 0 aliphatic carbocycles. The van der Waals surface area contributed by atoms with Gasteiger partial charge in [-0.2, -0.15) is 0 Å². The van der Waals surface area contributed by atoms with Crippen LogP contribution in [0, 0.1) is 0 Å². The molecule has 0 aliphatic heterocycles. The van der Waals surface area contributed by atoms with E-state index in [1.807, 2.05) is 66.7 Å². The van der Waals surface area contributed by atoms with E-state index in [4.69, 9.17) is 9.47 Å². The van der Waals surface area contributed by atoms with Crippen LogP contribution in [0.2, 0.25) is 0 Å². The fourth-order valence-electron chi connectivity index (χ4n) is 8.72. The number of nitrogens with zero attached hydrogens (tertiary/aromatic N) is 2. The number of amides is 4. The number of hydrogen-bond donors (Lipinski definition) is 8. The summed E-state index contributed by atoms with van der Waals surface area (Å²) in [6.07, 6.45) is 0. The van der Waals surface area contributed by atoms with Gasteiger partial charge in [-0.3, -0.25) is 30.0 Å². The smallest absolute Gasteiger partial charge is 0.259 e. The van der Waals surface area contributed by atoms with Crippen LogP contribution < -0.4 is 41.6 Å². The Hall–Kier alpha value is -11.0. The molecule has 10 rings (SSSR count). The van der Waals surface area contributed by atoms with E-state index in [9.17, 15) is 29.4 Å². The Morgan fingerprint density at radius 2 is 0.885 bits per heavy atom. The summed E-state index contributed by atoms with van der Waals surface area (Å²) in [4.78, 5) is 54.6. The van der Waals surface area contributed by atoms with Crippen molar-refractivity contribution < 1.29 is 38.9 Å². The highest BCUT2D eigenvalue weighted by Crippen LogP contribution is 2.42. The van der Waals surface area contributed by atoms with Gasteiger partial charge in [0.1, 0.15) is 28.6 Å². The van der Waals surface area contributed by atoms with Crippen LogP contribution in [0.3, 0.4) is 0 Å². The molecular weight excluding hydrogens is 985 g/mol. The van der Waals surface area contributed by atoms with E-state index in [2.05, 4.69) is 42.3 Å². The van der Waals surface area contributed by atoms with Crippen molar-refractivity contribution in [3.05, 3.63) is 229 Å². The monoisotopic (exact) mass is 1030 g/mol. The topological polar surface area (TPSA) is 224 Å². The zero-order chi connectivity index (χ0) is 54.1. The average Bonchev–Trinajstić information content (AvgIpc) is 3.51. The molecule has 78 heavy (non-hydrogen) atoms. The van der Waals surface area contributed by atoms with Crippen LogP contribution in [-0.4, -0.2) is 48.1 Å². The van der Waals surface area contributed by atoms with Gasteiger partial charge in [0.2, 0.25) is 0 Å². The molecule has 0 aliphatic rings. The van der Waals surface area contributed by atoms with Crippen molar-refractivity contribution >= 4 is 90.7 Å². The number of benzene rings is 10. The van der Waals surface area contributed by atoms with Gasteiger partial charge in [-0.25, -0.2) is 0 Å². The highest BCUT2D eigenvalue weighted by molar-refractivity contribution is 6.14. The number of carbonyl (C=O) groups is 4. The van der Waals surface area contributed by atoms with E-state index in [0.29, 0.717) is 83.7 Å². The number of phenols is 2. The maximum atomic E-state index is 14.1. The van der Waals surface area contributed by atoms with Crippen LogP contribution in [0.5, 0.6) is 23.0 Å². The second-order valence-electron chi connectivity index (χ2n) is 17.7. The Bertz CT molecular complexity index is 3970. The van der Waals surface area contributed by atoms with Gasteiger partial charge in [0.05, 0.1) is 31.0 Å². The van der Waals surface area contributed by atoms with Gasteiger partial charge in [-0.05, 0) is 119 Å². The van der Waals surface area contributed by atoms with Crippen LogP contribution in [-0.2, 0) is 0 Å². The Kier molecular flexibility index (Phi) is 14.7. The van der Waals surface area contributed by atoms with E-state index in [-0.39, 0.29) is 45.8 Å². The van der Waals surface area contributed by atoms with Gasteiger partial charge in [0.25, 0.3) is 23.6 Å². The van der Waals surface area contributed by atoms with E-state index in [1.165, 1.54) is 20.3 Å². The SMILES string of the molecule is COc1ccc(C(=O)Nc2ccccc2)cc1N=Nc1c(O)c(C(=O)Nc2cccc(-c3cccc(NC(=O)c4cc5ccccc5c(NNc5cc(C(=O)Nc6ccccc6)ccc5OC)c4O)c3)c2)cc2ccccc12. The van der Waals surface area contributed by atoms with Gasteiger partial charge in [-0.1, -0.05) is 109 Å². The Morgan fingerprint density at radius 3 is 1.46 bits per heavy atom. The van der Waals surface area contributed by atoms with Gasteiger partial charge in [-0.15, -0.1) is 10.2 Å². The molecule has 4 amide bonds. The average molecular weight is 1030 g/mol. The van der Waals surface area contributed by atoms with Crippen LogP contribution in [0.15, 0.2) is 216 Å². The predicted octanol–water partition coefficient (Wildman–Crippen LogP) is 14.0. The number of anilines is 6. The van der Waals surface area contributed by atoms with Crippen LogP contribution >= 0.6 is 0 Å². The standard InChI is InChI=1S/C62H48N8O8/c1-77-53-29-27-41(59(73)63-43-19-5-3-6-20-43)35-51(53)67-69-55-47-25-11-9-15-39(47)33-49(57(55)71)61(75)65-45-23-13-17-37(31-45)38-18-14-24-46(32-38)66-62(76)50-34-40-16-10-12-26-48(40)56(58(50)72)70-68-52-36-42(28-30-54(52)78-2)60(74)64-44-21-7-4-8-22-44/h3-36,67,69,71-72H,1-2H3,(H,63,73)(H,64,74)(H,65,75)(H,66,76). The highest BCUT2D eigenvalue weighted by Gasteiger charge is 2.22. The zero-order valence-electron chi connectivity index (χ0n) is 41.9. The summed E-state index contributed by atoms with van der Waals surface area (Å²) in [5, 5.41) is 46.3. The van der Waals surface area contributed by atoms with Crippen molar-refractivity contribution in [1.82, 2.24) is 0 Å². The number of azo groups is 1. The lowest BCUT2D eigenvalue weighted by Gasteiger charge is -2.18. The fourth-order valence-corrected chi connectivity index (χ4v) is 8.72. The minimum Gasteiger partial charge on any atom is -0.505 e. The second kappa shape index (κ2) is 22.6. The zero-order valence-corrected chi connectivity index (χ0v) is 41.9. The number of para-hydroxylation sites is 2. The van der Waals surface area contributed by atoms with Crippen molar-refractivity contribution in [2.45, 2.75) is 0 Å². The summed E-state index contributed by atoms with van der Waals surface area (Å²) in [5.74, 6) is -1.94. The molecule has 0 bridgehead atoms. The molecule has 10 aromatic rings. The first-order valence-corrected chi connectivity index (χ1v) is 24.4. The van der Waals surface area contributed by atoms with Crippen molar-refractivity contribution in [1.29, 1.82) is 0 Å². The molecule has 0 unspecified atom stereocenters. The van der Waals surface area contributed by atoms with E-state index >= 15 is 0 Å². The maximum absolute atomic E-state index is 14.1. The van der Waals surface area contributed by atoms with Crippen molar-refractivity contribution in [3.63, 3.8) is 0 Å². The lowest BCUT2D eigenvalue weighted by molar-refractivity contribution is 0.101. The van der Waals surface area contributed by atoms with Gasteiger partial charge >= 0.3 is 0 Å². The first-order valence-electron chi connectivity index (χ1n) is 24.4. The maximum Gasteiger partial charge on any atom is 0.259 e. The van der Waals surface area contributed by atoms with E-state index in [0.717, 1.165) is 0 Å². The summed E-state index contributed by atoms with van der Waals surface area (Å²) in [7, 11) is 2.96. The Morgan fingerprint density at radius 1 is 0.410 bits per heavy atom. The Labute approximate surface area is 447 Å². The number of hydrogen-bond acceptors (Lipinski definition) is 12. The van der Waals surface area contributed by atoms with Crippen molar-refractivity contribution in [2.24, 2.45) is 10.2 Å². The normalized spacial score (nSPS) is 10.9. The molecule has 8 N–H and O–H groups in total. The van der Waals surface area contributed by atoms with Gasteiger partial charge in [0, 0.05) is 44.6 Å². The molecular formula is C62H48N8O8. The summed E-state index contributed by atoms with van der Waals surface area (Å²) in [6.45, 7) is 0. The molecule has 16 nitrogen and oxygen atoms in total. The molecule has 0 aromatic heterocycles. The van der Waals surface area contributed by atoms with Crippen molar-refractivity contribution in [2.75, 3.05) is 46.3 Å². The number of phenolic OH excluding ortho intramolecular Hbond substituents is 2. The number of carbonyl (C=O) groups excluding carboxylic acids is 4. The number of rotatable bonds is 16. The summed E-state index contributed by atoms with van der Waals surface area (Å²) in [5.41, 5.74) is 11.0. The predicted molar refractivity (Wildman–Crippen MR) is 305 cm³/mol. The molecule has 16 heteroatoms. The molecule has 0 atom stereocenters. The summed E-state index contributed by atoms with van der Waals surface area (Å²) >= 11 is 0. The molecule has 0 radical (unpaired) electrons.